The van der Waals surface area contributed by atoms with Gasteiger partial charge in [-0.25, -0.2) is 8.78 Å². The largest absolute Gasteiger partial charge is 0.320 e. The van der Waals surface area contributed by atoms with Crippen molar-refractivity contribution in [3.63, 3.8) is 0 Å². The van der Waals surface area contributed by atoms with E-state index in [0.717, 1.165) is 0 Å². The molecular weight excluding hydrogens is 232 g/mol. The van der Waals surface area contributed by atoms with Gasteiger partial charge in [-0.05, 0) is 28.4 Å². The zero-order valence-electron chi connectivity index (χ0n) is 6.20. The lowest BCUT2D eigenvalue weighted by Crippen LogP contribution is -2.09. The number of aryl methyl sites for hydroxylation is 1. The van der Waals surface area contributed by atoms with Crippen LogP contribution in [0.25, 0.3) is 0 Å². The Morgan fingerprint density at radius 2 is 2.17 bits per heavy atom. The van der Waals surface area contributed by atoms with Gasteiger partial charge in [0.15, 0.2) is 0 Å². The monoisotopic (exact) mass is 237 g/mol. The van der Waals surface area contributed by atoms with E-state index >= 15 is 0 Å². The standard InChI is InChI=1S/C7H6BrF2NO/c1-3-2-4(12)11-6(5(3)8)7(9)10/h2,7H,1H3,(H,11,12). The van der Waals surface area contributed by atoms with Gasteiger partial charge >= 0.3 is 0 Å². The highest BCUT2D eigenvalue weighted by Gasteiger charge is 2.14. The molecule has 1 aromatic rings. The molecule has 0 atom stereocenters. The summed E-state index contributed by atoms with van der Waals surface area (Å²) in [5.74, 6) is 0. The van der Waals surface area contributed by atoms with Crippen molar-refractivity contribution in [2.45, 2.75) is 13.3 Å². The van der Waals surface area contributed by atoms with Crippen molar-refractivity contribution >= 4 is 15.9 Å². The van der Waals surface area contributed by atoms with Crippen LogP contribution in [0.4, 0.5) is 8.78 Å². The summed E-state index contributed by atoms with van der Waals surface area (Å²) in [4.78, 5) is 12.8. The number of alkyl halides is 2. The van der Waals surface area contributed by atoms with Gasteiger partial charge in [0.25, 0.3) is 6.43 Å². The van der Waals surface area contributed by atoms with Crippen molar-refractivity contribution in [1.29, 1.82) is 0 Å². The molecule has 66 valence electrons. The SMILES string of the molecule is Cc1cc(=O)[nH]c(C(F)F)c1Br. The van der Waals surface area contributed by atoms with E-state index in [1.807, 2.05) is 0 Å². The van der Waals surface area contributed by atoms with Crippen LogP contribution in [0, 0.1) is 6.92 Å². The van der Waals surface area contributed by atoms with Gasteiger partial charge in [0.05, 0.1) is 5.69 Å². The Morgan fingerprint density at radius 1 is 1.58 bits per heavy atom. The second kappa shape index (κ2) is 3.35. The first-order valence-corrected chi connectivity index (χ1v) is 3.99. The van der Waals surface area contributed by atoms with Gasteiger partial charge in [0.1, 0.15) is 0 Å². The number of nitrogens with one attached hydrogen (secondary N) is 1. The maximum Gasteiger partial charge on any atom is 0.279 e. The molecule has 12 heavy (non-hydrogen) atoms. The Kier molecular flexibility index (Phi) is 2.62. The molecule has 1 rings (SSSR count). The molecule has 0 saturated carbocycles. The minimum Gasteiger partial charge on any atom is -0.320 e. The van der Waals surface area contributed by atoms with E-state index in [-0.39, 0.29) is 10.2 Å². The summed E-state index contributed by atoms with van der Waals surface area (Å²) in [6.45, 7) is 1.59. The molecule has 0 spiro atoms. The average Bonchev–Trinajstić information content (AvgIpc) is 1.96. The highest BCUT2D eigenvalue weighted by atomic mass is 79.9. The van der Waals surface area contributed by atoms with Gasteiger partial charge in [-0.1, -0.05) is 0 Å². The summed E-state index contributed by atoms with van der Waals surface area (Å²) in [5.41, 5.74) is -0.361. The molecule has 0 aliphatic rings. The van der Waals surface area contributed by atoms with E-state index in [9.17, 15) is 13.6 Å². The molecule has 1 N–H and O–H groups in total. The van der Waals surface area contributed by atoms with Crippen LogP contribution < -0.4 is 5.56 Å². The van der Waals surface area contributed by atoms with Crippen LogP contribution in [0.1, 0.15) is 17.7 Å². The molecule has 0 aliphatic carbocycles. The maximum atomic E-state index is 12.2. The molecule has 0 fully saturated rings. The maximum absolute atomic E-state index is 12.2. The van der Waals surface area contributed by atoms with E-state index in [2.05, 4.69) is 20.9 Å². The lowest BCUT2D eigenvalue weighted by atomic mass is 10.2. The highest BCUT2D eigenvalue weighted by Crippen LogP contribution is 2.26. The van der Waals surface area contributed by atoms with E-state index in [0.29, 0.717) is 5.56 Å². The summed E-state index contributed by atoms with van der Waals surface area (Å²) >= 11 is 2.96. The first-order valence-electron chi connectivity index (χ1n) is 3.20. The second-order valence-corrected chi connectivity index (χ2v) is 3.14. The van der Waals surface area contributed by atoms with Crippen LogP contribution in [0.5, 0.6) is 0 Å². The molecular formula is C7H6BrF2NO. The molecule has 1 heterocycles. The van der Waals surface area contributed by atoms with Crippen LogP contribution in [0.2, 0.25) is 0 Å². The zero-order valence-corrected chi connectivity index (χ0v) is 7.78. The van der Waals surface area contributed by atoms with Crippen LogP contribution in [-0.2, 0) is 0 Å². The molecule has 5 heteroatoms. The van der Waals surface area contributed by atoms with Crippen LogP contribution in [0.3, 0.4) is 0 Å². The fourth-order valence-corrected chi connectivity index (χ4v) is 1.23. The van der Waals surface area contributed by atoms with E-state index in [4.69, 9.17) is 0 Å². The van der Waals surface area contributed by atoms with Crippen molar-refractivity contribution in [2.24, 2.45) is 0 Å². The minimum absolute atomic E-state index is 0.261. The van der Waals surface area contributed by atoms with Crippen molar-refractivity contribution < 1.29 is 8.78 Å². The number of aromatic nitrogens is 1. The van der Waals surface area contributed by atoms with Crippen molar-refractivity contribution in [1.82, 2.24) is 4.98 Å². The summed E-state index contributed by atoms with van der Waals surface area (Å²) in [7, 11) is 0. The third-order valence-corrected chi connectivity index (χ3v) is 2.46. The topological polar surface area (TPSA) is 32.9 Å². The molecule has 0 saturated heterocycles. The Balaban J connectivity index is 3.38. The minimum atomic E-state index is -2.66. The Labute approximate surface area is 75.7 Å². The first-order chi connectivity index (χ1) is 5.52. The summed E-state index contributed by atoms with van der Waals surface area (Å²) in [6, 6.07) is 1.26. The van der Waals surface area contributed by atoms with Crippen molar-refractivity contribution in [3.05, 3.63) is 32.2 Å². The van der Waals surface area contributed by atoms with Crippen LogP contribution in [-0.4, -0.2) is 4.98 Å². The van der Waals surface area contributed by atoms with Gasteiger partial charge < -0.3 is 4.98 Å². The molecule has 0 bridgehead atoms. The van der Waals surface area contributed by atoms with Gasteiger partial charge in [-0.15, -0.1) is 0 Å². The number of rotatable bonds is 1. The van der Waals surface area contributed by atoms with Gasteiger partial charge in [0, 0.05) is 10.5 Å². The molecule has 0 radical (unpaired) electrons. The van der Waals surface area contributed by atoms with Gasteiger partial charge in [-0.2, -0.15) is 0 Å². The lowest BCUT2D eigenvalue weighted by Gasteiger charge is -2.04. The molecule has 1 aromatic heterocycles. The van der Waals surface area contributed by atoms with E-state index in [1.54, 1.807) is 6.92 Å². The first kappa shape index (κ1) is 9.38. The quantitative estimate of drug-likeness (QED) is 0.800. The molecule has 0 aromatic carbocycles. The Morgan fingerprint density at radius 3 is 2.67 bits per heavy atom. The van der Waals surface area contributed by atoms with Crippen molar-refractivity contribution in [3.8, 4) is 0 Å². The predicted octanol–water partition coefficient (Wildman–Crippen LogP) is 2.38. The van der Waals surface area contributed by atoms with Gasteiger partial charge in [-0.3, -0.25) is 4.79 Å². The highest BCUT2D eigenvalue weighted by molar-refractivity contribution is 9.10. The third kappa shape index (κ3) is 1.72. The molecule has 0 unspecified atom stereocenters. The predicted molar refractivity (Wildman–Crippen MR) is 44.5 cm³/mol. The van der Waals surface area contributed by atoms with Crippen LogP contribution in [0.15, 0.2) is 15.3 Å². The summed E-state index contributed by atoms with van der Waals surface area (Å²) < 4.78 is 24.6. The van der Waals surface area contributed by atoms with Crippen LogP contribution >= 0.6 is 15.9 Å². The van der Waals surface area contributed by atoms with E-state index in [1.165, 1.54) is 6.07 Å². The Bertz CT molecular complexity index is 348. The van der Waals surface area contributed by atoms with E-state index < -0.39 is 12.0 Å². The molecule has 2 nitrogen and oxygen atoms in total. The lowest BCUT2D eigenvalue weighted by molar-refractivity contribution is 0.144. The normalized spacial score (nSPS) is 10.8. The fraction of sp³-hybridized carbons (Fsp3) is 0.286. The Hall–Kier alpha value is -0.710. The summed E-state index contributed by atoms with van der Waals surface area (Å²) in [6.07, 6.45) is -2.66. The molecule has 0 aliphatic heterocycles. The molecule has 0 amide bonds. The average molecular weight is 238 g/mol. The second-order valence-electron chi connectivity index (χ2n) is 2.34. The number of H-pyrrole nitrogens is 1. The van der Waals surface area contributed by atoms with Gasteiger partial charge in [0.2, 0.25) is 5.56 Å². The number of hydrogen-bond acceptors (Lipinski definition) is 1. The number of aromatic amines is 1. The number of pyridine rings is 1. The number of hydrogen-bond donors (Lipinski definition) is 1. The van der Waals surface area contributed by atoms with Crippen molar-refractivity contribution in [2.75, 3.05) is 0 Å². The zero-order chi connectivity index (χ0) is 9.30. The fourth-order valence-electron chi connectivity index (χ4n) is 0.846. The smallest absolute Gasteiger partial charge is 0.279 e. The number of halogens is 3. The third-order valence-electron chi connectivity index (χ3n) is 1.41. The summed E-state index contributed by atoms with van der Waals surface area (Å²) in [5, 5.41) is 0.